The summed E-state index contributed by atoms with van der Waals surface area (Å²) in [6, 6.07) is 17.1. The lowest BCUT2D eigenvalue weighted by atomic mass is 9.79. The van der Waals surface area contributed by atoms with Crippen molar-refractivity contribution in [2.24, 2.45) is 0 Å². The van der Waals surface area contributed by atoms with Gasteiger partial charge in [-0.25, -0.2) is 4.68 Å². The van der Waals surface area contributed by atoms with Crippen LogP contribution in [0.15, 0.2) is 64.2 Å². The van der Waals surface area contributed by atoms with Crippen molar-refractivity contribution < 1.29 is 4.79 Å². The smallest absolute Gasteiger partial charge is 0.273 e. The summed E-state index contributed by atoms with van der Waals surface area (Å²) in [4.78, 5) is 37.2. The minimum absolute atomic E-state index is 0.00891. The van der Waals surface area contributed by atoms with Crippen molar-refractivity contribution in [2.45, 2.75) is 44.1 Å². The summed E-state index contributed by atoms with van der Waals surface area (Å²) in [5, 5.41) is 6.36. The summed E-state index contributed by atoms with van der Waals surface area (Å²) in [6.45, 7) is 0.738. The molecule has 0 bridgehead atoms. The molecule has 0 radical (unpaired) electrons. The molecule has 2 aromatic carbocycles. The van der Waals surface area contributed by atoms with Gasteiger partial charge >= 0.3 is 0 Å². The predicted octanol–water partition coefficient (Wildman–Crippen LogP) is 2.71. The summed E-state index contributed by atoms with van der Waals surface area (Å²) in [5.41, 5.74) is 0.650. The number of fused-ring (bicyclic) bond motifs is 1. The zero-order valence-electron chi connectivity index (χ0n) is 16.3. The molecule has 0 atom stereocenters. The molecule has 0 aliphatic heterocycles. The number of nitrogens with one attached hydrogen (secondary N) is 2. The van der Waals surface area contributed by atoms with E-state index >= 15 is 0 Å². The van der Waals surface area contributed by atoms with Gasteiger partial charge in [0.15, 0.2) is 0 Å². The minimum Gasteiger partial charge on any atom is -0.355 e. The van der Waals surface area contributed by atoms with E-state index in [1.807, 2.05) is 18.2 Å². The van der Waals surface area contributed by atoms with Gasteiger partial charge in [0, 0.05) is 18.4 Å². The van der Waals surface area contributed by atoms with E-state index < -0.39 is 0 Å². The first kappa shape index (κ1) is 19.2. The lowest BCUT2D eigenvalue weighted by Crippen LogP contribution is -2.40. The molecule has 1 fully saturated rings. The van der Waals surface area contributed by atoms with E-state index in [2.05, 4.69) is 22.5 Å². The Bertz CT molecular complexity index is 1130. The second kappa shape index (κ2) is 8.07. The van der Waals surface area contributed by atoms with Crippen LogP contribution in [-0.2, 0) is 16.8 Å². The number of amides is 1. The zero-order valence-corrected chi connectivity index (χ0v) is 16.3. The van der Waals surface area contributed by atoms with Crippen LogP contribution in [0.25, 0.3) is 10.8 Å². The SMILES string of the molecule is O=C(CCn1[nH]c(=O)c2ccccc2c1=O)NCC1(c2ccccc2)CCCC1. The lowest BCUT2D eigenvalue weighted by molar-refractivity contribution is -0.121. The van der Waals surface area contributed by atoms with Crippen LogP contribution in [0.5, 0.6) is 0 Å². The minimum atomic E-state index is -0.324. The first-order valence-electron chi connectivity index (χ1n) is 10.1. The highest BCUT2D eigenvalue weighted by Gasteiger charge is 2.35. The van der Waals surface area contributed by atoms with Crippen molar-refractivity contribution in [3.8, 4) is 0 Å². The number of hydrogen-bond donors (Lipinski definition) is 2. The fourth-order valence-corrected chi connectivity index (χ4v) is 4.38. The molecule has 1 aromatic heterocycles. The van der Waals surface area contributed by atoms with Crippen LogP contribution in [0.4, 0.5) is 0 Å². The summed E-state index contributed by atoms with van der Waals surface area (Å²) >= 11 is 0. The molecule has 1 heterocycles. The van der Waals surface area contributed by atoms with Crippen molar-refractivity contribution >= 4 is 16.7 Å². The highest BCUT2D eigenvalue weighted by Crippen LogP contribution is 2.40. The number of aromatic nitrogens is 2. The Morgan fingerprint density at radius 3 is 2.34 bits per heavy atom. The summed E-state index contributed by atoms with van der Waals surface area (Å²) in [7, 11) is 0. The molecule has 0 spiro atoms. The summed E-state index contributed by atoms with van der Waals surface area (Å²) in [6.07, 6.45) is 4.60. The maximum absolute atomic E-state index is 12.6. The Kier molecular flexibility index (Phi) is 5.34. The van der Waals surface area contributed by atoms with E-state index in [4.69, 9.17) is 0 Å². The van der Waals surface area contributed by atoms with Gasteiger partial charge in [0.25, 0.3) is 11.1 Å². The van der Waals surface area contributed by atoms with Crippen LogP contribution in [0, 0.1) is 0 Å². The molecule has 3 aromatic rings. The highest BCUT2D eigenvalue weighted by atomic mass is 16.2. The van der Waals surface area contributed by atoms with Crippen LogP contribution in [0.3, 0.4) is 0 Å². The molecule has 0 unspecified atom stereocenters. The van der Waals surface area contributed by atoms with E-state index in [1.165, 1.54) is 23.1 Å². The molecule has 1 aliphatic carbocycles. The average molecular weight is 391 g/mol. The molecule has 4 rings (SSSR count). The molecule has 29 heavy (non-hydrogen) atoms. The molecule has 1 amide bonds. The number of rotatable bonds is 6. The maximum atomic E-state index is 12.6. The highest BCUT2D eigenvalue weighted by molar-refractivity contribution is 5.80. The number of aromatic amines is 1. The second-order valence-corrected chi connectivity index (χ2v) is 7.82. The van der Waals surface area contributed by atoms with Gasteiger partial charge < -0.3 is 5.32 Å². The third kappa shape index (κ3) is 3.88. The zero-order chi connectivity index (χ0) is 20.3. The number of benzene rings is 2. The number of H-pyrrole nitrogens is 1. The molecule has 6 heteroatoms. The van der Waals surface area contributed by atoms with E-state index in [1.54, 1.807) is 24.3 Å². The van der Waals surface area contributed by atoms with E-state index in [-0.39, 0.29) is 35.4 Å². The van der Waals surface area contributed by atoms with Gasteiger partial charge in [-0.15, -0.1) is 0 Å². The number of nitrogens with zero attached hydrogens (tertiary/aromatic N) is 1. The van der Waals surface area contributed by atoms with Crippen LogP contribution >= 0.6 is 0 Å². The first-order chi connectivity index (χ1) is 14.1. The molecule has 1 aliphatic rings. The quantitative estimate of drug-likeness (QED) is 0.678. The standard InChI is InChI=1S/C23H25N3O3/c27-20(24-16-23(13-6-7-14-23)17-8-2-1-3-9-17)12-15-26-22(29)19-11-5-4-10-18(19)21(28)25-26/h1-5,8-11H,6-7,12-16H2,(H,24,27)(H,25,28). The number of carbonyl (C=O) groups is 1. The molecular formula is C23H25N3O3. The van der Waals surface area contributed by atoms with Gasteiger partial charge in [-0.3, -0.25) is 19.5 Å². The van der Waals surface area contributed by atoms with Crippen LogP contribution < -0.4 is 16.4 Å². The van der Waals surface area contributed by atoms with Crippen LogP contribution in [0.1, 0.15) is 37.7 Å². The normalized spacial score (nSPS) is 15.4. The Hall–Kier alpha value is -3.15. The largest absolute Gasteiger partial charge is 0.355 e. The summed E-state index contributed by atoms with van der Waals surface area (Å²) in [5.74, 6) is -0.117. The predicted molar refractivity (Wildman–Crippen MR) is 113 cm³/mol. The fraction of sp³-hybridized carbons (Fsp3) is 0.348. The van der Waals surface area contributed by atoms with Gasteiger partial charge in [-0.2, -0.15) is 0 Å². The van der Waals surface area contributed by atoms with Gasteiger partial charge in [0.2, 0.25) is 5.91 Å². The van der Waals surface area contributed by atoms with Crippen molar-refractivity contribution in [1.29, 1.82) is 0 Å². The molecule has 1 saturated carbocycles. The molecule has 0 saturated heterocycles. The molecule has 2 N–H and O–H groups in total. The Morgan fingerprint density at radius 2 is 1.62 bits per heavy atom. The monoisotopic (exact) mass is 391 g/mol. The van der Waals surface area contributed by atoms with Crippen LogP contribution in [-0.4, -0.2) is 22.2 Å². The van der Waals surface area contributed by atoms with Crippen molar-refractivity contribution in [1.82, 2.24) is 15.1 Å². The van der Waals surface area contributed by atoms with Gasteiger partial charge in [-0.1, -0.05) is 55.3 Å². The Morgan fingerprint density at radius 1 is 0.966 bits per heavy atom. The third-order valence-electron chi connectivity index (χ3n) is 6.02. The first-order valence-corrected chi connectivity index (χ1v) is 10.1. The van der Waals surface area contributed by atoms with E-state index in [0.29, 0.717) is 17.3 Å². The third-order valence-corrected chi connectivity index (χ3v) is 6.02. The van der Waals surface area contributed by atoms with Gasteiger partial charge in [-0.05, 0) is 30.5 Å². The lowest BCUT2D eigenvalue weighted by Gasteiger charge is -2.30. The Labute approximate surface area is 168 Å². The van der Waals surface area contributed by atoms with E-state index in [9.17, 15) is 14.4 Å². The number of aryl methyl sites for hydroxylation is 1. The van der Waals surface area contributed by atoms with Crippen molar-refractivity contribution in [3.63, 3.8) is 0 Å². The maximum Gasteiger partial charge on any atom is 0.273 e. The fourth-order valence-electron chi connectivity index (χ4n) is 4.38. The van der Waals surface area contributed by atoms with Crippen LogP contribution in [0.2, 0.25) is 0 Å². The van der Waals surface area contributed by atoms with Crippen molar-refractivity contribution in [3.05, 3.63) is 80.9 Å². The average Bonchev–Trinajstić information content (AvgIpc) is 3.25. The van der Waals surface area contributed by atoms with E-state index in [0.717, 1.165) is 12.8 Å². The molecule has 6 nitrogen and oxygen atoms in total. The molecule has 150 valence electrons. The molecular weight excluding hydrogens is 366 g/mol. The van der Waals surface area contributed by atoms with Gasteiger partial charge in [0.1, 0.15) is 0 Å². The number of hydrogen-bond acceptors (Lipinski definition) is 3. The number of carbonyl (C=O) groups excluding carboxylic acids is 1. The topological polar surface area (TPSA) is 84.0 Å². The summed E-state index contributed by atoms with van der Waals surface area (Å²) < 4.78 is 1.23. The second-order valence-electron chi connectivity index (χ2n) is 7.82. The Balaban J connectivity index is 1.43. The van der Waals surface area contributed by atoms with Gasteiger partial charge in [0.05, 0.1) is 17.3 Å². The van der Waals surface area contributed by atoms with Crippen molar-refractivity contribution in [2.75, 3.05) is 6.54 Å².